The zero-order valence-corrected chi connectivity index (χ0v) is 15.9. The van der Waals surface area contributed by atoms with Gasteiger partial charge in [-0.05, 0) is 48.4 Å². The molecule has 0 aromatic heterocycles. The van der Waals surface area contributed by atoms with Crippen LogP contribution in [0.25, 0.3) is 6.08 Å². The van der Waals surface area contributed by atoms with Crippen molar-refractivity contribution in [1.29, 1.82) is 0 Å². The van der Waals surface area contributed by atoms with Crippen molar-refractivity contribution in [3.8, 4) is 0 Å². The molecule has 0 unspecified atom stereocenters. The van der Waals surface area contributed by atoms with E-state index in [0.29, 0.717) is 0 Å². The fourth-order valence-corrected chi connectivity index (χ4v) is 3.74. The van der Waals surface area contributed by atoms with Gasteiger partial charge in [-0.3, -0.25) is 0 Å². The van der Waals surface area contributed by atoms with E-state index >= 15 is 0 Å². The molecule has 0 aliphatic rings. The molecule has 0 fully saturated rings. The van der Waals surface area contributed by atoms with Gasteiger partial charge in [0.05, 0.1) is 0 Å². The maximum Gasteiger partial charge on any atom is 0.0119 e. The van der Waals surface area contributed by atoms with Crippen molar-refractivity contribution in [3.05, 3.63) is 70.6 Å². The average molecular weight is 339 g/mol. The predicted octanol–water partition coefficient (Wildman–Crippen LogP) is 7.88. The van der Waals surface area contributed by atoms with Gasteiger partial charge < -0.3 is 0 Å². The molecule has 0 radical (unpaired) electrons. The van der Waals surface area contributed by atoms with Gasteiger partial charge in [0.1, 0.15) is 0 Å². The summed E-state index contributed by atoms with van der Waals surface area (Å²) in [5.41, 5.74) is 2.63. The minimum atomic E-state index is 1.18. The molecule has 0 amide bonds. The fourth-order valence-electron chi connectivity index (χ4n) is 2.73. The zero-order valence-electron chi connectivity index (χ0n) is 15.1. The molecule has 0 N–H and O–H groups in total. The van der Waals surface area contributed by atoms with Crippen LogP contribution >= 0.6 is 11.8 Å². The van der Waals surface area contributed by atoms with Gasteiger partial charge in [-0.1, -0.05) is 98.8 Å². The number of allylic oxidation sites excluding steroid dienone is 1. The molecule has 2 rings (SSSR count). The summed E-state index contributed by atoms with van der Waals surface area (Å²) in [6.07, 6.45) is 11.6. The number of hydrogen-bond acceptors (Lipinski definition) is 1. The third kappa shape index (κ3) is 7.40. The molecule has 128 valence electrons. The first-order chi connectivity index (χ1) is 11.8. The van der Waals surface area contributed by atoms with Crippen LogP contribution < -0.4 is 0 Å². The van der Waals surface area contributed by atoms with Crippen LogP contribution in [0.15, 0.2) is 64.4 Å². The van der Waals surface area contributed by atoms with Gasteiger partial charge in [0.15, 0.2) is 0 Å². The van der Waals surface area contributed by atoms with Crippen molar-refractivity contribution in [3.63, 3.8) is 0 Å². The second kappa shape index (κ2) is 11.1. The van der Waals surface area contributed by atoms with Crippen LogP contribution in [0.4, 0.5) is 0 Å². The Bertz CT molecular complexity index is 596. The van der Waals surface area contributed by atoms with Gasteiger partial charge >= 0.3 is 0 Å². The number of unbranched alkanes of at least 4 members (excludes halogenated alkanes) is 5. The highest BCUT2D eigenvalue weighted by Gasteiger charge is 2.03. The lowest BCUT2D eigenvalue weighted by Gasteiger charge is -2.09. The van der Waals surface area contributed by atoms with Gasteiger partial charge in [0, 0.05) is 4.90 Å². The van der Waals surface area contributed by atoms with E-state index < -0.39 is 0 Å². The van der Waals surface area contributed by atoms with E-state index in [1.54, 1.807) is 0 Å². The smallest absolute Gasteiger partial charge is 0.0119 e. The second-order valence-electron chi connectivity index (χ2n) is 6.45. The lowest BCUT2D eigenvalue weighted by Crippen LogP contribution is -1.84. The van der Waals surface area contributed by atoms with Crippen molar-refractivity contribution < 1.29 is 0 Å². The monoisotopic (exact) mass is 338 g/mol. The van der Waals surface area contributed by atoms with Crippen molar-refractivity contribution in [2.75, 3.05) is 0 Å². The van der Waals surface area contributed by atoms with Gasteiger partial charge in [-0.2, -0.15) is 0 Å². The molecule has 0 aliphatic carbocycles. The number of rotatable bonds is 10. The van der Waals surface area contributed by atoms with Gasteiger partial charge in [0.2, 0.25) is 0 Å². The Labute approximate surface area is 152 Å². The van der Waals surface area contributed by atoms with E-state index in [2.05, 4.69) is 74.5 Å². The van der Waals surface area contributed by atoms with E-state index in [9.17, 15) is 0 Å². The molecule has 24 heavy (non-hydrogen) atoms. The van der Waals surface area contributed by atoms with E-state index in [0.717, 1.165) is 0 Å². The van der Waals surface area contributed by atoms with E-state index in [-0.39, 0.29) is 0 Å². The molecule has 1 heteroatoms. The van der Waals surface area contributed by atoms with Gasteiger partial charge in [-0.15, -0.1) is 0 Å². The minimum absolute atomic E-state index is 1.18. The van der Waals surface area contributed by atoms with Crippen LogP contribution in [0.2, 0.25) is 0 Å². The summed E-state index contributed by atoms with van der Waals surface area (Å²) in [6.45, 7) is 4.42. The first-order valence-corrected chi connectivity index (χ1v) is 10.1. The molecule has 2 aromatic carbocycles. The molecular formula is C23H30S. The summed E-state index contributed by atoms with van der Waals surface area (Å²) in [6, 6.07) is 19.6. The van der Waals surface area contributed by atoms with E-state index in [1.165, 1.54) is 65.9 Å². The zero-order chi connectivity index (χ0) is 17.0. The summed E-state index contributed by atoms with van der Waals surface area (Å²) in [7, 11) is 0. The normalized spacial score (nSPS) is 11.7. The van der Waals surface area contributed by atoms with Crippen LogP contribution in [-0.2, 0) is 0 Å². The summed E-state index contributed by atoms with van der Waals surface area (Å²) >= 11 is 1.92. The minimum Gasteiger partial charge on any atom is -0.0945 e. The Balaban J connectivity index is 1.96. The Hall–Kier alpha value is -1.47. The fraction of sp³-hybridized carbons (Fsp3) is 0.391. The number of hydrogen-bond donors (Lipinski definition) is 0. The first-order valence-electron chi connectivity index (χ1n) is 9.28. The molecule has 0 nitrogen and oxygen atoms in total. The molecule has 2 aromatic rings. The topological polar surface area (TPSA) is 0 Å². The summed E-state index contributed by atoms with van der Waals surface area (Å²) in [5, 5.41) is 0. The summed E-state index contributed by atoms with van der Waals surface area (Å²) < 4.78 is 0. The second-order valence-corrected chi connectivity index (χ2v) is 7.65. The standard InChI is InChI=1S/C23H30S/c1-3-4-5-6-7-11-14-23(19-21-12-9-8-10-13-21)24-22-17-15-20(2)16-18-22/h8-10,12-13,15-19H,3-7,11,14H2,1-2H3/b23-19-. The highest BCUT2D eigenvalue weighted by Crippen LogP contribution is 2.32. The summed E-state index contributed by atoms with van der Waals surface area (Å²) in [5.74, 6) is 0. The average Bonchev–Trinajstić information content (AvgIpc) is 2.61. The Morgan fingerprint density at radius 1 is 0.833 bits per heavy atom. The quantitative estimate of drug-likeness (QED) is 0.313. The molecule has 0 saturated heterocycles. The predicted molar refractivity (Wildman–Crippen MR) is 109 cm³/mol. The van der Waals surface area contributed by atoms with Crippen LogP contribution in [0.1, 0.15) is 63.0 Å². The van der Waals surface area contributed by atoms with Crippen LogP contribution in [-0.4, -0.2) is 0 Å². The van der Waals surface area contributed by atoms with Crippen LogP contribution in [0.5, 0.6) is 0 Å². The molecular weight excluding hydrogens is 308 g/mol. The number of aryl methyl sites for hydroxylation is 1. The van der Waals surface area contributed by atoms with E-state index in [4.69, 9.17) is 0 Å². The SMILES string of the molecule is CCCCCCCC/C(=C/c1ccccc1)Sc1ccc(C)cc1. The molecule has 0 aliphatic heterocycles. The van der Waals surface area contributed by atoms with E-state index in [1.807, 2.05) is 11.8 Å². The van der Waals surface area contributed by atoms with Gasteiger partial charge in [0.25, 0.3) is 0 Å². The third-order valence-electron chi connectivity index (χ3n) is 4.17. The summed E-state index contributed by atoms with van der Waals surface area (Å²) in [4.78, 5) is 2.81. The largest absolute Gasteiger partial charge is 0.0945 e. The van der Waals surface area contributed by atoms with Crippen molar-refractivity contribution >= 4 is 17.8 Å². The molecule has 0 saturated carbocycles. The molecule has 0 bridgehead atoms. The number of thioether (sulfide) groups is 1. The molecule has 0 atom stereocenters. The molecule has 0 heterocycles. The lowest BCUT2D eigenvalue weighted by atomic mass is 10.1. The third-order valence-corrected chi connectivity index (χ3v) is 5.27. The Morgan fingerprint density at radius 3 is 2.21 bits per heavy atom. The molecule has 0 spiro atoms. The van der Waals surface area contributed by atoms with Crippen LogP contribution in [0.3, 0.4) is 0 Å². The first kappa shape index (κ1) is 18.9. The Morgan fingerprint density at radius 2 is 1.50 bits per heavy atom. The van der Waals surface area contributed by atoms with Crippen molar-refractivity contribution in [1.82, 2.24) is 0 Å². The highest BCUT2D eigenvalue weighted by molar-refractivity contribution is 8.03. The lowest BCUT2D eigenvalue weighted by molar-refractivity contribution is 0.610. The number of benzene rings is 2. The maximum atomic E-state index is 2.36. The van der Waals surface area contributed by atoms with Crippen LogP contribution in [0, 0.1) is 6.92 Å². The maximum absolute atomic E-state index is 2.36. The van der Waals surface area contributed by atoms with Crippen molar-refractivity contribution in [2.24, 2.45) is 0 Å². The Kier molecular flexibility index (Phi) is 8.76. The van der Waals surface area contributed by atoms with Gasteiger partial charge in [-0.25, -0.2) is 0 Å². The van der Waals surface area contributed by atoms with Crippen molar-refractivity contribution in [2.45, 2.75) is 63.7 Å². The highest BCUT2D eigenvalue weighted by atomic mass is 32.2.